The fraction of sp³-hybridized carbons (Fsp3) is 0.350. The first-order valence-electron chi connectivity index (χ1n) is 8.80. The fourth-order valence-electron chi connectivity index (χ4n) is 3.18. The van der Waals surface area contributed by atoms with Gasteiger partial charge in [-0.15, -0.1) is 0 Å². The number of nitrogens with one attached hydrogen (secondary N) is 1. The highest BCUT2D eigenvalue weighted by molar-refractivity contribution is 6.07. The third-order valence-corrected chi connectivity index (χ3v) is 4.69. The number of esters is 1. The van der Waals surface area contributed by atoms with Crippen LogP contribution < -0.4 is 5.32 Å². The number of carboxylic acid groups (broad SMARTS) is 1. The Morgan fingerprint density at radius 1 is 1.30 bits per heavy atom. The number of halogens is 4. The number of hydrogen-bond donors (Lipinski definition) is 2. The van der Waals surface area contributed by atoms with Crippen LogP contribution in [0.1, 0.15) is 52.4 Å². The lowest BCUT2D eigenvalue weighted by atomic mass is 9.88. The highest BCUT2D eigenvalue weighted by Gasteiger charge is 2.41. The monoisotopic (exact) mass is 429 g/mol. The van der Waals surface area contributed by atoms with Crippen LogP contribution >= 0.6 is 0 Å². The topological polar surface area (TPSA) is 92.7 Å². The summed E-state index contributed by atoms with van der Waals surface area (Å²) in [4.78, 5) is 34.5. The van der Waals surface area contributed by atoms with Crippen LogP contribution in [-0.2, 0) is 27.4 Å². The SMILES string of the molecule is C=C(F)c1c(C)c2c(c(NC(=O)C(F)(F)F)c1CC=C(C)CCC(=O)O)C(=O)OC2. The lowest BCUT2D eigenvalue weighted by Crippen LogP contribution is -2.31. The molecular weight excluding hydrogens is 410 g/mol. The highest BCUT2D eigenvalue weighted by atomic mass is 19.4. The molecule has 1 aromatic carbocycles. The van der Waals surface area contributed by atoms with E-state index in [9.17, 15) is 31.9 Å². The van der Waals surface area contributed by atoms with Gasteiger partial charge in [0.05, 0.1) is 11.3 Å². The smallest absolute Gasteiger partial charge is 0.471 e. The number of allylic oxidation sites excluding steroid dienone is 2. The maximum atomic E-state index is 14.3. The van der Waals surface area contributed by atoms with E-state index in [2.05, 4.69) is 6.58 Å². The molecule has 0 unspecified atom stereocenters. The average molecular weight is 429 g/mol. The molecule has 162 valence electrons. The Kier molecular flexibility index (Phi) is 6.69. The molecule has 0 saturated carbocycles. The molecule has 1 amide bonds. The minimum absolute atomic E-state index is 0.0788. The van der Waals surface area contributed by atoms with Gasteiger partial charge in [0, 0.05) is 17.5 Å². The number of amides is 1. The number of aliphatic carboxylic acids is 1. The van der Waals surface area contributed by atoms with E-state index in [-0.39, 0.29) is 53.7 Å². The molecule has 1 aromatic rings. The molecule has 1 aliphatic heterocycles. The van der Waals surface area contributed by atoms with Gasteiger partial charge in [0.25, 0.3) is 0 Å². The summed E-state index contributed by atoms with van der Waals surface area (Å²) in [6.45, 7) is 6.03. The van der Waals surface area contributed by atoms with Gasteiger partial charge < -0.3 is 15.2 Å². The number of carboxylic acids is 1. The van der Waals surface area contributed by atoms with Crippen molar-refractivity contribution in [1.82, 2.24) is 0 Å². The van der Waals surface area contributed by atoms with Crippen molar-refractivity contribution < 1.29 is 41.8 Å². The zero-order valence-corrected chi connectivity index (χ0v) is 16.2. The predicted molar refractivity (Wildman–Crippen MR) is 99.5 cm³/mol. The van der Waals surface area contributed by atoms with Crippen LogP contribution in [0, 0.1) is 6.92 Å². The van der Waals surface area contributed by atoms with E-state index in [1.54, 1.807) is 12.2 Å². The molecule has 0 aromatic heterocycles. The Bertz CT molecular complexity index is 963. The van der Waals surface area contributed by atoms with E-state index in [0.717, 1.165) is 0 Å². The van der Waals surface area contributed by atoms with Crippen molar-refractivity contribution in [2.45, 2.75) is 45.9 Å². The number of benzene rings is 1. The van der Waals surface area contributed by atoms with Gasteiger partial charge >= 0.3 is 24.0 Å². The molecular formula is C20H19F4NO5. The van der Waals surface area contributed by atoms with Crippen molar-refractivity contribution in [1.29, 1.82) is 0 Å². The number of alkyl halides is 3. The number of fused-ring (bicyclic) bond motifs is 1. The van der Waals surface area contributed by atoms with Gasteiger partial charge in [0.15, 0.2) is 0 Å². The van der Waals surface area contributed by atoms with Crippen molar-refractivity contribution >= 4 is 29.4 Å². The van der Waals surface area contributed by atoms with Gasteiger partial charge in [-0.2, -0.15) is 13.2 Å². The van der Waals surface area contributed by atoms with Gasteiger partial charge in [-0.1, -0.05) is 18.2 Å². The molecule has 6 nitrogen and oxygen atoms in total. The van der Waals surface area contributed by atoms with Gasteiger partial charge in [-0.05, 0) is 37.8 Å². The lowest BCUT2D eigenvalue weighted by Gasteiger charge is -2.20. The maximum absolute atomic E-state index is 14.3. The predicted octanol–water partition coefficient (Wildman–Crippen LogP) is 4.46. The zero-order valence-electron chi connectivity index (χ0n) is 16.2. The Balaban J connectivity index is 2.66. The highest BCUT2D eigenvalue weighted by Crippen LogP contribution is 2.40. The average Bonchev–Trinajstić information content (AvgIpc) is 3.01. The Labute approximate surface area is 169 Å². The summed E-state index contributed by atoms with van der Waals surface area (Å²) in [6.07, 6.45) is -3.91. The normalized spacial score (nSPS) is 13.7. The van der Waals surface area contributed by atoms with Crippen LogP contribution in [0.4, 0.5) is 23.2 Å². The van der Waals surface area contributed by atoms with E-state index < -0.39 is 35.5 Å². The first kappa shape index (κ1) is 23.1. The van der Waals surface area contributed by atoms with E-state index in [1.165, 1.54) is 13.0 Å². The third-order valence-electron chi connectivity index (χ3n) is 4.69. The van der Waals surface area contributed by atoms with Crippen molar-refractivity contribution in [3.8, 4) is 0 Å². The second-order valence-corrected chi connectivity index (χ2v) is 6.79. The van der Waals surface area contributed by atoms with Gasteiger partial charge in [0.1, 0.15) is 12.4 Å². The molecule has 30 heavy (non-hydrogen) atoms. The number of carbonyl (C=O) groups is 3. The third kappa shape index (κ3) is 4.87. The number of cyclic esters (lactones) is 1. The Morgan fingerprint density at radius 3 is 2.47 bits per heavy atom. The van der Waals surface area contributed by atoms with Crippen LogP contribution in [0.5, 0.6) is 0 Å². The molecule has 0 atom stereocenters. The summed E-state index contributed by atoms with van der Waals surface area (Å²) in [5, 5.41) is 10.4. The number of hydrogen-bond acceptors (Lipinski definition) is 4. The zero-order chi connectivity index (χ0) is 22.8. The molecule has 0 radical (unpaired) electrons. The van der Waals surface area contributed by atoms with Crippen molar-refractivity contribution in [2.75, 3.05) is 5.32 Å². The molecule has 1 heterocycles. The molecule has 0 fully saturated rings. The standard InChI is InChI=1S/C20H19F4NO5/c1-9(5-7-14(26)27)4-6-12-15(11(3)21)10(2)13-8-30-18(28)16(13)17(12)25-19(29)20(22,23)24/h4H,3,5-8H2,1-2H3,(H,25,29)(H,26,27). The van der Waals surface area contributed by atoms with E-state index >= 15 is 0 Å². The summed E-state index contributed by atoms with van der Waals surface area (Å²) in [5.41, 5.74) is 0.0538. The fourth-order valence-corrected chi connectivity index (χ4v) is 3.18. The van der Waals surface area contributed by atoms with Gasteiger partial charge in [-0.25, -0.2) is 9.18 Å². The second-order valence-electron chi connectivity index (χ2n) is 6.79. The number of carbonyl (C=O) groups excluding carboxylic acids is 2. The molecule has 2 rings (SSSR count). The van der Waals surface area contributed by atoms with E-state index in [4.69, 9.17) is 9.84 Å². The first-order valence-corrected chi connectivity index (χ1v) is 8.80. The van der Waals surface area contributed by atoms with Crippen molar-refractivity contribution in [2.24, 2.45) is 0 Å². The van der Waals surface area contributed by atoms with Crippen LogP contribution in [0.2, 0.25) is 0 Å². The maximum Gasteiger partial charge on any atom is 0.471 e. The van der Waals surface area contributed by atoms with Crippen LogP contribution in [0.3, 0.4) is 0 Å². The summed E-state index contributed by atoms with van der Waals surface area (Å²) >= 11 is 0. The first-order chi connectivity index (χ1) is 13.8. The van der Waals surface area contributed by atoms with Crippen LogP contribution in [0.25, 0.3) is 5.83 Å². The second kappa shape index (κ2) is 8.68. The number of rotatable bonds is 7. The summed E-state index contributed by atoms with van der Waals surface area (Å²) in [7, 11) is 0. The largest absolute Gasteiger partial charge is 0.481 e. The summed E-state index contributed by atoms with van der Waals surface area (Å²) < 4.78 is 57.8. The molecule has 10 heteroatoms. The molecule has 0 aliphatic carbocycles. The Hall–Kier alpha value is -3.17. The molecule has 0 saturated heterocycles. The minimum atomic E-state index is -5.24. The molecule has 2 N–H and O–H groups in total. The minimum Gasteiger partial charge on any atom is -0.481 e. The number of anilines is 1. The molecule has 1 aliphatic rings. The quantitative estimate of drug-likeness (QED) is 0.379. The van der Waals surface area contributed by atoms with Crippen LogP contribution in [-0.4, -0.2) is 29.1 Å². The number of ether oxygens (including phenoxy) is 1. The van der Waals surface area contributed by atoms with E-state index in [0.29, 0.717) is 5.57 Å². The molecule has 0 bridgehead atoms. The van der Waals surface area contributed by atoms with E-state index in [1.807, 2.05) is 0 Å². The summed E-state index contributed by atoms with van der Waals surface area (Å²) in [5.74, 6) is -5.25. The Morgan fingerprint density at radius 2 is 1.93 bits per heavy atom. The van der Waals surface area contributed by atoms with Crippen molar-refractivity contribution in [3.05, 3.63) is 46.0 Å². The van der Waals surface area contributed by atoms with Gasteiger partial charge in [-0.3, -0.25) is 9.59 Å². The molecule has 0 spiro atoms. The van der Waals surface area contributed by atoms with Crippen LogP contribution in [0.15, 0.2) is 18.2 Å². The lowest BCUT2D eigenvalue weighted by molar-refractivity contribution is -0.167. The van der Waals surface area contributed by atoms with Gasteiger partial charge in [0.2, 0.25) is 0 Å². The summed E-state index contributed by atoms with van der Waals surface area (Å²) in [6, 6.07) is 0. The van der Waals surface area contributed by atoms with Crippen molar-refractivity contribution in [3.63, 3.8) is 0 Å².